The molecular weight excluding hydrogens is 458 g/mol. The number of amides is 4. The van der Waals surface area contributed by atoms with Crippen molar-refractivity contribution in [2.24, 2.45) is 0 Å². The summed E-state index contributed by atoms with van der Waals surface area (Å²) in [5.41, 5.74) is 3.96. The molecule has 0 saturated carbocycles. The quantitative estimate of drug-likeness (QED) is 0.444. The van der Waals surface area contributed by atoms with Crippen molar-refractivity contribution in [2.45, 2.75) is 20.8 Å². The van der Waals surface area contributed by atoms with Gasteiger partial charge in [-0.05, 0) is 68.3 Å². The number of urea groups is 1. The third-order valence-corrected chi connectivity index (χ3v) is 6.38. The van der Waals surface area contributed by atoms with Crippen LogP contribution in [0.4, 0.5) is 10.5 Å². The lowest BCUT2D eigenvalue weighted by Gasteiger charge is -2.27. The minimum atomic E-state index is -0.816. The largest absolute Gasteiger partial charge is 0.454 e. The standard InChI is InChI=1S/C25H20ClN3O5/c1-13-9-16(15(3)28(13)17-7-8-21-22(11-17)34-12-33-21)10-18-23(30)27-25(32)29(24(18)31)20-6-4-5-19(26)14(20)2/h4-11H,12H2,1-3H3,(H,27,30,32)/b18-10+. The number of hydrogen-bond acceptors (Lipinski definition) is 5. The Hall–Kier alpha value is -4.04. The van der Waals surface area contributed by atoms with E-state index in [0.717, 1.165) is 22.0 Å². The molecule has 1 aromatic heterocycles. The smallest absolute Gasteiger partial charge is 0.335 e. The first-order chi connectivity index (χ1) is 16.3. The monoisotopic (exact) mass is 477 g/mol. The van der Waals surface area contributed by atoms with Crippen LogP contribution >= 0.6 is 11.6 Å². The second-order valence-corrected chi connectivity index (χ2v) is 8.45. The van der Waals surface area contributed by atoms with Crippen molar-refractivity contribution in [3.05, 3.63) is 75.6 Å². The van der Waals surface area contributed by atoms with E-state index in [1.54, 1.807) is 25.1 Å². The highest BCUT2D eigenvalue weighted by Gasteiger charge is 2.37. The molecule has 0 bridgehead atoms. The normalized spacial score (nSPS) is 16.4. The Balaban J connectivity index is 1.56. The van der Waals surface area contributed by atoms with E-state index in [9.17, 15) is 14.4 Å². The van der Waals surface area contributed by atoms with E-state index in [0.29, 0.717) is 33.3 Å². The molecule has 3 heterocycles. The van der Waals surface area contributed by atoms with Gasteiger partial charge in [-0.3, -0.25) is 14.9 Å². The summed E-state index contributed by atoms with van der Waals surface area (Å²) in [4.78, 5) is 39.4. The van der Waals surface area contributed by atoms with Crippen molar-refractivity contribution in [3.63, 3.8) is 0 Å². The van der Waals surface area contributed by atoms with Crippen molar-refractivity contribution in [2.75, 3.05) is 11.7 Å². The first kappa shape index (κ1) is 21.8. The second-order valence-electron chi connectivity index (χ2n) is 8.04. The summed E-state index contributed by atoms with van der Waals surface area (Å²) in [6, 6.07) is 11.6. The molecule has 5 rings (SSSR count). The molecule has 0 aliphatic carbocycles. The minimum absolute atomic E-state index is 0.148. The van der Waals surface area contributed by atoms with Crippen LogP contribution < -0.4 is 19.7 Å². The van der Waals surface area contributed by atoms with Crippen LogP contribution in [-0.2, 0) is 9.59 Å². The highest BCUT2D eigenvalue weighted by molar-refractivity contribution is 6.40. The Bertz CT molecular complexity index is 1420. The van der Waals surface area contributed by atoms with Crippen LogP contribution in [0.1, 0.15) is 22.5 Å². The molecule has 8 nitrogen and oxygen atoms in total. The number of carbonyl (C=O) groups excluding carboxylic acids is 3. The van der Waals surface area contributed by atoms with Gasteiger partial charge in [0.2, 0.25) is 6.79 Å². The number of ether oxygens (including phenoxy) is 2. The first-order valence-corrected chi connectivity index (χ1v) is 10.9. The van der Waals surface area contributed by atoms with Gasteiger partial charge in [0.15, 0.2) is 11.5 Å². The zero-order valence-electron chi connectivity index (χ0n) is 18.6. The molecule has 2 aliphatic rings. The summed E-state index contributed by atoms with van der Waals surface area (Å²) >= 11 is 6.19. The molecular formula is C25H20ClN3O5. The van der Waals surface area contributed by atoms with Crippen molar-refractivity contribution in [1.82, 2.24) is 9.88 Å². The van der Waals surface area contributed by atoms with E-state index in [1.165, 1.54) is 6.08 Å². The maximum atomic E-state index is 13.3. The van der Waals surface area contributed by atoms with Crippen molar-refractivity contribution in [1.29, 1.82) is 0 Å². The van der Waals surface area contributed by atoms with Gasteiger partial charge < -0.3 is 14.0 Å². The number of nitrogens with zero attached hydrogens (tertiary/aromatic N) is 2. The molecule has 2 aromatic carbocycles. The number of nitrogens with one attached hydrogen (secondary N) is 1. The highest BCUT2D eigenvalue weighted by Crippen LogP contribution is 2.35. The lowest BCUT2D eigenvalue weighted by molar-refractivity contribution is -0.122. The van der Waals surface area contributed by atoms with Gasteiger partial charge in [0, 0.05) is 28.2 Å². The van der Waals surface area contributed by atoms with Crippen molar-refractivity contribution < 1.29 is 23.9 Å². The van der Waals surface area contributed by atoms with Gasteiger partial charge in [0.05, 0.1) is 5.69 Å². The number of hydrogen-bond donors (Lipinski definition) is 1. The number of aromatic nitrogens is 1. The van der Waals surface area contributed by atoms with Gasteiger partial charge in [0.1, 0.15) is 5.57 Å². The number of barbiturate groups is 1. The molecule has 0 unspecified atom stereocenters. The molecule has 1 fully saturated rings. The topological polar surface area (TPSA) is 89.9 Å². The van der Waals surface area contributed by atoms with Gasteiger partial charge in [-0.2, -0.15) is 0 Å². The number of fused-ring (bicyclic) bond motifs is 1. The van der Waals surface area contributed by atoms with E-state index in [1.807, 2.05) is 42.7 Å². The number of carbonyl (C=O) groups is 3. The number of aryl methyl sites for hydroxylation is 1. The number of rotatable bonds is 3. The van der Waals surface area contributed by atoms with Crippen LogP contribution in [0.25, 0.3) is 11.8 Å². The van der Waals surface area contributed by atoms with Crippen LogP contribution in [-0.4, -0.2) is 29.2 Å². The van der Waals surface area contributed by atoms with Crippen molar-refractivity contribution in [3.8, 4) is 17.2 Å². The highest BCUT2D eigenvalue weighted by atomic mass is 35.5. The number of imide groups is 2. The average Bonchev–Trinajstić information content (AvgIpc) is 3.37. The first-order valence-electron chi connectivity index (χ1n) is 10.5. The van der Waals surface area contributed by atoms with Gasteiger partial charge in [-0.1, -0.05) is 17.7 Å². The fourth-order valence-electron chi connectivity index (χ4n) is 4.23. The van der Waals surface area contributed by atoms with E-state index < -0.39 is 17.8 Å². The number of halogens is 1. The molecule has 172 valence electrons. The van der Waals surface area contributed by atoms with Gasteiger partial charge >= 0.3 is 6.03 Å². The van der Waals surface area contributed by atoms with Gasteiger partial charge in [-0.25, -0.2) is 9.69 Å². The zero-order valence-corrected chi connectivity index (χ0v) is 19.4. The molecule has 9 heteroatoms. The maximum Gasteiger partial charge on any atom is 0.335 e. The Morgan fingerprint density at radius 1 is 1.00 bits per heavy atom. The van der Waals surface area contributed by atoms with Crippen LogP contribution in [0.15, 0.2) is 48.0 Å². The molecule has 1 saturated heterocycles. The molecule has 3 aromatic rings. The summed E-state index contributed by atoms with van der Waals surface area (Å²) in [5, 5.41) is 2.66. The third kappa shape index (κ3) is 3.43. The predicted octanol–water partition coefficient (Wildman–Crippen LogP) is 4.45. The predicted molar refractivity (Wildman–Crippen MR) is 127 cm³/mol. The summed E-state index contributed by atoms with van der Waals surface area (Å²) in [5.74, 6) is -0.136. The Labute approximate surface area is 200 Å². The molecule has 34 heavy (non-hydrogen) atoms. The van der Waals surface area contributed by atoms with E-state index >= 15 is 0 Å². The summed E-state index contributed by atoms with van der Waals surface area (Å²) in [6.07, 6.45) is 1.50. The zero-order chi connectivity index (χ0) is 24.1. The number of benzene rings is 2. The number of anilines is 1. The summed E-state index contributed by atoms with van der Waals surface area (Å²) < 4.78 is 12.9. The summed E-state index contributed by atoms with van der Waals surface area (Å²) in [6.45, 7) is 5.70. The van der Waals surface area contributed by atoms with E-state index in [4.69, 9.17) is 21.1 Å². The fraction of sp³-hybridized carbons (Fsp3) is 0.160. The van der Waals surface area contributed by atoms with Gasteiger partial charge in [-0.15, -0.1) is 0 Å². The molecule has 2 aliphatic heterocycles. The third-order valence-electron chi connectivity index (χ3n) is 5.97. The lowest BCUT2D eigenvalue weighted by Crippen LogP contribution is -2.54. The molecule has 4 amide bonds. The second kappa shape index (κ2) is 8.07. The molecule has 0 spiro atoms. The summed E-state index contributed by atoms with van der Waals surface area (Å²) in [7, 11) is 0. The SMILES string of the molecule is Cc1c(Cl)cccc1N1C(=O)NC(=O)/C(=C\c2cc(C)n(-c3ccc4c(c3)OCO4)c2C)C1=O. The van der Waals surface area contributed by atoms with Crippen molar-refractivity contribution >= 4 is 41.2 Å². The lowest BCUT2D eigenvalue weighted by atomic mass is 10.1. The Morgan fingerprint density at radius 3 is 2.56 bits per heavy atom. The van der Waals surface area contributed by atoms with Crippen LogP contribution in [0.5, 0.6) is 11.5 Å². The van der Waals surface area contributed by atoms with Gasteiger partial charge in [0.25, 0.3) is 11.8 Å². The molecule has 1 N–H and O–H groups in total. The van der Waals surface area contributed by atoms with Crippen LogP contribution in [0.2, 0.25) is 5.02 Å². The Morgan fingerprint density at radius 2 is 1.76 bits per heavy atom. The fourth-order valence-corrected chi connectivity index (χ4v) is 4.39. The average molecular weight is 478 g/mol. The minimum Gasteiger partial charge on any atom is -0.454 e. The maximum absolute atomic E-state index is 13.3. The van der Waals surface area contributed by atoms with E-state index in [2.05, 4.69) is 5.32 Å². The van der Waals surface area contributed by atoms with E-state index in [-0.39, 0.29) is 12.4 Å². The van der Waals surface area contributed by atoms with Crippen LogP contribution in [0, 0.1) is 20.8 Å². The molecule has 0 radical (unpaired) electrons. The molecule has 0 atom stereocenters. The van der Waals surface area contributed by atoms with Crippen LogP contribution in [0.3, 0.4) is 0 Å². The Kier molecular flexibility index (Phi) is 5.17.